The van der Waals surface area contributed by atoms with E-state index in [1.807, 2.05) is 16.7 Å². The number of hydrogen-bond acceptors (Lipinski definition) is 4. The van der Waals surface area contributed by atoms with Crippen LogP contribution in [-0.4, -0.2) is 25.7 Å². The molecule has 0 fully saturated rings. The molecule has 2 aromatic rings. The fourth-order valence-corrected chi connectivity index (χ4v) is 1.89. The Morgan fingerprint density at radius 1 is 1.53 bits per heavy atom. The molecule has 0 bridgehead atoms. The summed E-state index contributed by atoms with van der Waals surface area (Å²) in [5.41, 5.74) is 7.63. The van der Waals surface area contributed by atoms with Gasteiger partial charge in [0.05, 0.1) is 12.1 Å². The maximum atomic E-state index is 9.59. The topological polar surface area (TPSA) is 77.0 Å². The summed E-state index contributed by atoms with van der Waals surface area (Å²) in [6.45, 7) is 4.57. The van der Waals surface area contributed by atoms with Crippen molar-refractivity contribution in [3.63, 3.8) is 0 Å². The number of rotatable bonds is 4. The van der Waals surface area contributed by atoms with Crippen LogP contribution in [0.5, 0.6) is 0 Å². The van der Waals surface area contributed by atoms with Crippen molar-refractivity contribution in [2.45, 2.75) is 39.0 Å². The standard InChI is InChI=1S/C12H18N4O/c1-3-7-16-11-9(5-4-6-14-11)15-12(16)10(13)8(2)17/h4-6,8,10,17H,3,7,13H2,1-2H3. The Morgan fingerprint density at radius 2 is 2.29 bits per heavy atom. The predicted molar refractivity (Wildman–Crippen MR) is 66.4 cm³/mol. The average Bonchev–Trinajstić information content (AvgIpc) is 2.68. The van der Waals surface area contributed by atoms with Crippen LogP contribution in [-0.2, 0) is 6.54 Å². The summed E-state index contributed by atoms with van der Waals surface area (Å²) in [6, 6.07) is 3.28. The summed E-state index contributed by atoms with van der Waals surface area (Å²) < 4.78 is 1.99. The minimum atomic E-state index is -0.623. The van der Waals surface area contributed by atoms with Gasteiger partial charge in [0.15, 0.2) is 5.65 Å². The van der Waals surface area contributed by atoms with Gasteiger partial charge in [-0.2, -0.15) is 0 Å². The van der Waals surface area contributed by atoms with Crippen molar-refractivity contribution in [1.29, 1.82) is 0 Å². The number of aryl methyl sites for hydroxylation is 1. The Kier molecular flexibility index (Phi) is 3.40. The number of nitrogens with two attached hydrogens (primary N) is 1. The van der Waals surface area contributed by atoms with E-state index in [0.717, 1.165) is 24.1 Å². The van der Waals surface area contributed by atoms with Crippen molar-refractivity contribution >= 4 is 11.2 Å². The molecular formula is C12H18N4O. The summed E-state index contributed by atoms with van der Waals surface area (Å²) in [6.07, 6.45) is 2.09. The van der Waals surface area contributed by atoms with Gasteiger partial charge < -0.3 is 15.4 Å². The van der Waals surface area contributed by atoms with Crippen molar-refractivity contribution in [3.05, 3.63) is 24.2 Å². The molecule has 0 radical (unpaired) electrons. The minimum absolute atomic E-state index is 0.476. The Hall–Kier alpha value is -1.46. The van der Waals surface area contributed by atoms with Crippen LogP contribution in [0.25, 0.3) is 11.2 Å². The Labute approximate surface area is 100 Å². The van der Waals surface area contributed by atoms with Gasteiger partial charge in [0, 0.05) is 12.7 Å². The van der Waals surface area contributed by atoms with Gasteiger partial charge in [0.25, 0.3) is 0 Å². The SMILES string of the molecule is CCCn1c(C(N)C(C)O)nc2cccnc21. The molecular weight excluding hydrogens is 216 g/mol. The van der Waals surface area contributed by atoms with E-state index in [1.165, 1.54) is 0 Å². The van der Waals surface area contributed by atoms with E-state index in [0.29, 0.717) is 5.82 Å². The molecule has 0 amide bonds. The van der Waals surface area contributed by atoms with E-state index in [-0.39, 0.29) is 0 Å². The van der Waals surface area contributed by atoms with E-state index in [9.17, 15) is 5.11 Å². The smallest absolute Gasteiger partial charge is 0.160 e. The number of pyridine rings is 1. The monoisotopic (exact) mass is 234 g/mol. The zero-order valence-electron chi connectivity index (χ0n) is 10.2. The molecule has 17 heavy (non-hydrogen) atoms. The maximum absolute atomic E-state index is 9.59. The van der Waals surface area contributed by atoms with Crippen LogP contribution in [0, 0.1) is 0 Å². The minimum Gasteiger partial charge on any atom is -0.391 e. The number of hydrogen-bond donors (Lipinski definition) is 2. The highest BCUT2D eigenvalue weighted by atomic mass is 16.3. The molecule has 0 saturated carbocycles. The summed E-state index contributed by atoms with van der Waals surface area (Å²) in [5, 5.41) is 9.59. The van der Waals surface area contributed by atoms with Crippen LogP contribution < -0.4 is 5.73 Å². The molecule has 0 aliphatic rings. The number of nitrogens with zero attached hydrogens (tertiary/aromatic N) is 3. The molecule has 5 nitrogen and oxygen atoms in total. The first kappa shape index (κ1) is 12.0. The largest absolute Gasteiger partial charge is 0.391 e. The van der Waals surface area contributed by atoms with E-state index >= 15 is 0 Å². The van der Waals surface area contributed by atoms with Crippen LogP contribution in [0.3, 0.4) is 0 Å². The zero-order valence-corrected chi connectivity index (χ0v) is 10.2. The van der Waals surface area contributed by atoms with Crippen molar-refractivity contribution in [1.82, 2.24) is 14.5 Å². The third-order valence-corrected chi connectivity index (χ3v) is 2.80. The molecule has 0 aromatic carbocycles. The number of aliphatic hydroxyl groups is 1. The first-order chi connectivity index (χ1) is 8.15. The highest BCUT2D eigenvalue weighted by molar-refractivity contribution is 5.71. The molecule has 2 unspecified atom stereocenters. The molecule has 0 saturated heterocycles. The average molecular weight is 234 g/mol. The Morgan fingerprint density at radius 3 is 2.94 bits per heavy atom. The summed E-state index contributed by atoms with van der Waals surface area (Å²) >= 11 is 0. The van der Waals surface area contributed by atoms with Gasteiger partial charge in [-0.3, -0.25) is 0 Å². The van der Waals surface area contributed by atoms with E-state index < -0.39 is 12.1 Å². The number of aliphatic hydroxyl groups excluding tert-OH is 1. The lowest BCUT2D eigenvalue weighted by molar-refractivity contribution is 0.159. The van der Waals surface area contributed by atoms with Gasteiger partial charge in [0.1, 0.15) is 11.3 Å². The molecule has 0 spiro atoms. The number of imidazole rings is 1. The lowest BCUT2D eigenvalue weighted by atomic mass is 10.2. The number of aromatic nitrogens is 3. The molecule has 5 heteroatoms. The molecule has 3 N–H and O–H groups in total. The lowest BCUT2D eigenvalue weighted by Gasteiger charge is -2.15. The molecule has 2 aromatic heterocycles. The second-order valence-corrected chi connectivity index (χ2v) is 4.23. The molecule has 0 aliphatic carbocycles. The lowest BCUT2D eigenvalue weighted by Crippen LogP contribution is -2.26. The third kappa shape index (κ3) is 2.16. The molecule has 2 rings (SSSR count). The van der Waals surface area contributed by atoms with Crippen LogP contribution in [0.15, 0.2) is 18.3 Å². The van der Waals surface area contributed by atoms with Crippen molar-refractivity contribution in [2.24, 2.45) is 5.73 Å². The maximum Gasteiger partial charge on any atom is 0.160 e. The molecule has 0 aliphatic heterocycles. The Balaban J connectivity index is 2.57. The van der Waals surface area contributed by atoms with Crippen LogP contribution in [0.4, 0.5) is 0 Å². The summed E-state index contributed by atoms with van der Waals surface area (Å²) in [5.74, 6) is 0.704. The first-order valence-corrected chi connectivity index (χ1v) is 5.90. The van der Waals surface area contributed by atoms with Crippen molar-refractivity contribution < 1.29 is 5.11 Å². The summed E-state index contributed by atoms with van der Waals surface area (Å²) in [7, 11) is 0. The van der Waals surface area contributed by atoms with Gasteiger partial charge in [0.2, 0.25) is 0 Å². The Bertz CT molecular complexity index is 506. The normalized spacial score (nSPS) is 15.1. The number of fused-ring (bicyclic) bond motifs is 1. The van der Waals surface area contributed by atoms with Crippen molar-refractivity contribution in [3.8, 4) is 0 Å². The van der Waals surface area contributed by atoms with Crippen molar-refractivity contribution in [2.75, 3.05) is 0 Å². The fraction of sp³-hybridized carbons (Fsp3) is 0.500. The van der Waals surface area contributed by atoms with E-state index in [4.69, 9.17) is 5.73 Å². The quantitative estimate of drug-likeness (QED) is 0.834. The second kappa shape index (κ2) is 4.81. The van der Waals surface area contributed by atoms with Gasteiger partial charge >= 0.3 is 0 Å². The molecule has 2 atom stereocenters. The summed E-state index contributed by atoms with van der Waals surface area (Å²) in [4.78, 5) is 8.79. The van der Waals surface area contributed by atoms with Crippen LogP contribution in [0.1, 0.15) is 32.1 Å². The van der Waals surface area contributed by atoms with Gasteiger partial charge in [-0.05, 0) is 25.5 Å². The predicted octanol–water partition coefficient (Wildman–Crippen LogP) is 1.22. The highest BCUT2D eigenvalue weighted by Gasteiger charge is 2.20. The van der Waals surface area contributed by atoms with E-state index in [2.05, 4.69) is 16.9 Å². The van der Waals surface area contributed by atoms with Crippen LogP contribution >= 0.6 is 0 Å². The molecule has 2 heterocycles. The van der Waals surface area contributed by atoms with Gasteiger partial charge in [-0.15, -0.1) is 0 Å². The van der Waals surface area contributed by atoms with E-state index in [1.54, 1.807) is 13.1 Å². The third-order valence-electron chi connectivity index (χ3n) is 2.80. The first-order valence-electron chi connectivity index (χ1n) is 5.90. The van der Waals surface area contributed by atoms with Crippen LogP contribution in [0.2, 0.25) is 0 Å². The zero-order chi connectivity index (χ0) is 12.4. The van der Waals surface area contributed by atoms with Gasteiger partial charge in [-0.25, -0.2) is 9.97 Å². The molecule has 92 valence electrons. The fourth-order valence-electron chi connectivity index (χ4n) is 1.89. The van der Waals surface area contributed by atoms with Gasteiger partial charge in [-0.1, -0.05) is 6.92 Å². The highest BCUT2D eigenvalue weighted by Crippen LogP contribution is 2.20. The second-order valence-electron chi connectivity index (χ2n) is 4.23.